The standard InChI is InChI=1S/C14H22N2/c1-13(15-9-4-5-10-15)7-8-14(2,3)16-11-6-12-16/h1,4-6,9-12H2,2-3H3. The molecule has 2 saturated heterocycles. The zero-order valence-corrected chi connectivity index (χ0v) is 10.6. The highest BCUT2D eigenvalue weighted by Crippen LogP contribution is 2.21. The number of rotatable bonds is 2. The fourth-order valence-electron chi connectivity index (χ4n) is 2.25. The first-order chi connectivity index (χ1) is 7.59. The maximum absolute atomic E-state index is 4.08. The third kappa shape index (κ3) is 2.41. The van der Waals surface area contributed by atoms with Crippen LogP contribution in [-0.2, 0) is 0 Å². The van der Waals surface area contributed by atoms with Crippen LogP contribution < -0.4 is 0 Å². The second kappa shape index (κ2) is 4.51. The Balaban J connectivity index is 1.94. The van der Waals surface area contributed by atoms with Gasteiger partial charge < -0.3 is 4.90 Å². The predicted molar refractivity (Wildman–Crippen MR) is 68.0 cm³/mol. The molecule has 0 aromatic carbocycles. The van der Waals surface area contributed by atoms with Crippen LogP contribution in [0.1, 0.15) is 33.1 Å². The second-order valence-corrected chi connectivity index (χ2v) is 5.29. The van der Waals surface area contributed by atoms with Crippen LogP contribution in [0.5, 0.6) is 0 Å². The lowest BCUT2D eigenvalue weighted by Gasteiger charge is -2.41. The number of likely N-dealkylation sites (tertiary alicyclic amines) is 2. The van der Waals surface area contributed by atoms with Gasteiger partial charge in [0.1, 0.15) is 0 Å². The summed E-state index contributed by atoms with van der Waals surface area (Å²) in [7, 11) is 0. The van der Waals surface area contributed by atoms with Crippen molar-refractivity contribution in [2.75, 3.05) is 26.2 Å². The Labute approximate surface area is 99.3 Å². The van der Waals surface area contributed by atoms with Gasteiger partial charge in [-0.2, -0.15) is 0 Å². The van der Waals surface area contributed by atoms with Crippen molar-refractivity contribution >= 4 is 0 Å². The Morgan fingerprint density at radius 1 is 1.06 bits per heavy atom. The van der Waals surface area contributed by atoms with Crippen LogP contribution >= 0.6 is 0 Å². The SMILES string of the molecule is C=C(C#CC(C)(C)N1CCC1)N1CCCC1. The van der Waals surface area contributed by atoms with Crippen LogP contribution in [0.25, 0.3) is 0 Å². The summed E-state index contributed by atoms with van der Waals surface area (Å²) in [4.78, 5) is 4.73. The summed E-state index contributed by atoms with van der Waals surface area (Å²) in [5, 5.41) is 0. The maximum Gasteiger partial charge on any atom is 0.0807 e. The van der Waals surface area contributed by atoms with Crippen molar-refractivity contribution < 1.29 is 0 Å². The minimum Gasteiger partial charge on any atom is -0.365 e. The zero-order chi connectivity index (χ0) is 11.6. The van der Waals surface area contributed by atoms with E-state index in [9.17, 15) is 0 Å². The highest BCUT2D eigenvalue weighted by molar-refractivity contribution is 5.30. The molecular weight excluding hydrogens is 196 g/mol. The fourth-order valence-corrected chi connectivity index (χ4v) is 2.25. The molecule has 2 aliphatic heterocycles. The quantitative estimate of drug-likeness (QED) is 0.655. The predicted octanol–water partition coefficient (Wildman–Crippen LogP) is 2.08. The molecule has 2 fully saturated rings. The molecule has 0 bridgehead atoms. The van der Waals surface area contributed by atoms with E-state index in [4.69, 9.17) is 0 Å². The number of hydrogen-bond acceptors (Lipinski definition) is 2. The molecule has 0 unspecified atom stereocenters. The van der Waals surface area contributed by atoms with Crippen molar-refractivity contribution in [3.63, 3.8) is 0 Å². The lowest BCUT2D eigenvalue weighted by molar-refractivity contribution is 0.0955. The molecule has 0 N–H and O–H groups in total. The van der Waals surface area contributed by atoms with Gasteiger partial charge in [0, 0.05) is 26.2 Å². The molecule has 2 nitrogen and oxygen atoms in total. The number of hydrogen-bond donors (Lipinski definition) is 0. The van der Waals surface area contributed by atoms with Gasteiger partial charge in [0.2, 0.25) is 0 Å². The van der Waals surface area contributed by atoms with Crippen LogP contribution in [0.3, 0.4) is 0 Å². The summed E-state index contributed by atoms with van der Waals surface area (Å²) < 4.78 is 0. The van der Waals surface area contributed by atoms with Gasteiger partial charge in [-0.05, 0) is 39.0 Å². The average molecular weight is 218 g/mol. The zero-order valence-electron chi connectivity index (χ0n) is 10.6. The van der Waals surface area contributed by atoms with Gasteiger partial charge in [-0.15, -0.1) is 0 Å². The van der Waals surface area contributed by atoms with Crippen molar-refractivity contribution in [3.05, 3.63) is 12.3 Å². The van der Waals surface area contributed by atoms with E-state index in [1.165, 1.54) is 32.4 Å². The summed E-state index contributed by atoms with van der Waals surface area (Å²) >= 11 is 0. The minimum atomic E-state index is 0.0148. The Morgan fingerprint density at radius 3 is 2.19 bits per heavy atom. The molecule has 2 heterocycles. The molecule has 0 amide bonds. The second-order valence-electron chi connectivity index (χ2n) is 5.29. The molecular formula is C14H22N2. The molecule has 0 aromatic heterocycles. The van der Waals surface area contributed by atoms with E-state index in [1.54, 1.807) is 0 Å². The number of allylic oxidation sites excluding steroid dienone is 1. The van der Waals surface area contributed by atoms with Crippen molar-refractivity contribution in [3.8, 4) is 11.8 Å². The fraction of sp³-hybridized carbons (Fsp3) is 0.714. The summed E-state index contributed by atoms with van der Waals surface area (Å²) in [6.45, 7) is 13.1. The largest absolute Gasteiger partial charge is 0.365 e. The van der Waals surface area contributed by atoms with E-state index >= 15 is 0 Å². The molecule has 0 spiro atoms. The van der Waals surface area contributed by atoms with Crippen LogP contribution in [0, 0.1) is 11.8 Å². The minimum absolute atomic E-state index is 0.0148. The van der Waals surface area contributed by atoms with Gasteiger partial charge >= 0.3 is 0 Å². The van der Waals surface area contributed by atoms with Crippen LogP contribution in [-0.4, -0.2) is 41.5 Å². The molecule has 16 heavy (non-hydrogen) atoms. The third-order valence-corrected chi connectivity index (χ3v) is 3.65. The van der Waals surface area contributed by atoms with E-state index in [-0.39, 0.29) is 5.54 Å². The maximum atomic E-state index is 4.08. The Kier molecular flexibility index (Phi) is 3.25. The van der Waals surface area contributed by atoms with Crippen LogP contribution in [0.2, 0.25) is 0 Å². The summed E-state index contributed by atoms with van der Waals surface area (Å²) in [5.74, 6) is 6.63. The Hall–Kier alpha value is -0.940. The number of nitrogens with zero attached hydrogens (tertiary/aromatic N) is 2. The van der Waals surface area contributed by atoms with Crippen molar-refractivity contribution in [2.45, 2.75) is 38.6 Å². The van der Waals surface area contributed by atoms with Gasteiger partial charge in [0.05, 0.1) is 11.2 Å². The van der Waals surface area contributed by atoms with Crippen molar-refractivity contribution in [2.24, 2.45) is 0 Å². The lowest BCUT2D eigenvalue weighted by atomic mass is 9.99. The Morgan fingerprint density at radius 2 is 1.69 bits per heavy atom. The van der Waals surface area contributed by atoms with Crippen molar-refractivity contribution in [1.82, 2.24) is 9.80 Å². The van der Waals surface area contributed by atoms with Gasteiger partial charge in [-0.3, -0.25) is 4.90 Å². The average Bonchev–Trinajstić information content (AvgIpc) is 2.63. The molecule has 88 valence electrons. The van der Waals surface area contributed by atoms with Crippen LogP contribution in [0.4, 0.5) is 0 Å². The van der Waals surface area contributed by atoms with E-state index < -0.39 is 0 Å². The molecule has 2 heteroatoms. The normalized spacial score (nSPS) is 21.2. The first-order valence-corrected chi connectivity index (χ1v) is 6.32. The topological polar surface area (TPSA) is 6.48 Å². The van der Waals surface area contributed by atoms with Crippen molar-refractivity contribution in [1.29, 1.82) is 0 Å². The first-order valence-electron chi connectivity index (χ1n) is 6.32. The van der Waals surface area contributed by atoms with Gasteiger partial charge in [-0.1, -0.05) is 12.5 Å². The van der Waals surface area contributed by atoms with Gasteiger partial charge in [0.15, 0.2) is 0 Å². The molecule has 2 rings (SSSR count). The highest BCUT2D eigenvalue weighted by atomic mass is 15.2. The summed E-state index contributed by atoms with van der Waals surface area (Å²) in [5.41, 5.74) is 1.02. The first kappa shape index (κ1) is 11.5. The molecule has 0 aromatic rings. The summed E-state index contributed by atoms with van der Waals surface area (Å²) in [6, 6.07) is 0. The van der Waals surface area contributed by atoms with E-state index in [0.717, 1.165) is 18.8 Å². The van der Waals surface area contributed by atoms with E-state index in [1.807, 2.05) is 0 Å². The third-order valence-electron chi connectivity index (χ3n) is 3.65. The lowest BCUT2D eigenvalue weighted by Crippen LogP contribution is -2.50. The van der Waals surface area contributed by atoms with Gasteiger partial charge in [0.25, 0.3) is 0 Å². The Bertz CT molecular complexity index is 322. The monoisotopic (exact) mass is 218 g/mol. The van der Waals surface area contributed by atoms with E-state index in [0.29, 0.717) is 0 Å². The van der Waals surface area contributed by atoms with E-state index in [2.05, 4.69) is 42.1 Å². The smallest absolute Gasteiger partial charge is 0.0807 e. The molecule has 2 aliphatic rings. The molecule has 0 saturated carbocycles. The summed E-state index contributed by atoms with van der Waals surface area (Å²) in [6.07, 6.45) is 3.89. The van der Waals surface area contributed by atoms with Crippen LogP contribution in [0.15, 0.2) is 12.3 Å². The molecule has 0 aliphatic carbocycles. The molecule has 0 atom stereocenters. The molecule has 0 radical (unpaired) electrons. The highest BCUT2D eigenvalue weighted by Gasteiger charge is 2.29. The van der Waals surface area contributed by atoms with Gasteiger partial charge in [-0.25, -0.2) is 0 Å².